The first-order valence-corrected chi connectivity index (χ1v) is 6.27. The average molecular weight is 262 g/mol. The SMILES string of the molecule is Cc1cc(C#N)ccc1COc1cc(C#N)ccc1C. The highest BCUT2D eigenvalue weighted by molar-refractivity contribution is 5.42. The molecule has 0 saturated carbocycles. The van der Waals surface area contributed by atoms with Crippen LogP contribution >= 0.6 is 0 Å². The molecule has 0 aliphatic rings. The average Bonchev–Trinajstić information content (AvgIpc) is 2.47. The molecule has 0 aromatic heterocycles. The van der Waals surface area contributed by atoms with Crippen molar-refractivity contribution >= 4 is 0 Å². The molecule has 0 amide bonds. The largest absolute Gasteiger partial charge is 0.489 e. The molecule has 0 aliphatic carbocycles. The molecule has 0 unspecified atom stereocenters. The molecule has 0 saturated heterocycles. The predicted octanol–water partition coefficient (Wildman–Crippen LogP) is 3.63. The highest BCUT2D eigenvalue weighted by Gasteiger charge is 2.04. The minimum atomic E-state index is 0.424. The third kappa shape index (κ3) is 2.96. The molecular formula is C17H14N2O. The monoisotopic (exact) mass is 262 g/mol. The quantitative estimate of drug-likeness (QED) is 0.848. The van der Waals surface area contributed by atoms with Crippen molar-refractivity contribution in [1.82, 2.24) is 0 Å². The van der Waals surface area contributed by atoms with Gasteiger partial charge < -0.3 is 4.74 Å². The summed E-state index contributed by atoms with van der Waals surface area (Å²) in [5, 5.41) is 17.7. The van der Waals surface area contributed by atoms with E-state index in [1.807, 2.05) is 32.0 Å². The van der Waals surface area contributed by atoms with Crippen LogP contribution in [0.5, 0.6) is 5.75 Å². The van der Waals surface area contributed by atoms with Crippen LogP contribution in [-0.4, -0.2) is 0 Å². The van der Waals surface area contributed by atoms with Crippen LogP contribution in [0.1, 0.15) is 27.8 Å². The third-order valence-electron chi connectivity index (χ3n) is 3.17. The summed E-state index contributed by atoms with van der Waals surface area (Å²) < 4.78 is 5.79. The molecule has 2 aromatic carbocycles. The summed E-state index contributed by atoms with van der Waals surface area (Å²) in [6, 6.07) is 15.1. The number of rotatable bonds is 3. The van der Waals surface area contributed by atoms with Crippen molar-refractivity contribution in [3.8, 4) is 17.9 Å². The molecule has 3 nitrogen and oxygen atoms in total. The van der Waals surface area contributed by atoms with Gasteiger partial charge in [0.1, 0.15) is 12.4 Å². The van der Waals surface area contributed by atoms with Crippen molar-refractivity contribution in [3.05, 3.63) is 64.2 Å². The first kappa shape index (κ1) is 13.6. The van der Waals surface area contributed by atoms with Crippen LogP contribution in [0, 0.1) is 36.5 Å². The smallest absolute Gasteiger partial charge is 0.124 e. The van der Waals surface area contributed by atoms with Gasteiger partial charge in [0.2, 0.25) is 0 Å². The number of hydrogen-bond donors (Lipinski definition) is 0. The number of nitriles is 2. The highest BCUT2D eigenvalue weighted by atomic mass is 16.5. The fourth-order valence-electron chi connectivity index (χ4n) is 1.91. The van der Waals surface area contributed by atoms with Crippen LogP contribution in [-0.2, 0) is 6.61 Å². The third-order valence-corrected chi connectivity index (χ3v) is 3.17. The van der Waals surface area contributed by atoms with Crippen LogP contribution in [0.4, 0.5) is 0 Å². The Morgan fingerprint density at radius 1 is 0.900 bits per heavy atom. The fourth-order valence-corrected chi connectivity index (χ4v) is 1.91. The second-order valence-corrected chi connectivity index (χ2v) is 4.63. The summed E-state index contributed by atoms with van der Waals surface area (Å²) in [5.74, 6) is 0.716. The van der Waals surface area contributed by atoms with E-state index in [1.165, 1.54) is 0 Å². The van der Waals surface area contributed by atoms with Crippen molar-refractivity contribution in [2.45, 2.75) is 20.5 Å². The summed E-state index contributed by atoms with van der Waals surface area (Å²) in [6.07, 6.45) is 0. The van der Waals surface area contributed by atoms with Gasteiger partial charge in [-0.3, -0.25) is 0 Å². The van der Waals surface area contributed by atoms with Gasteiger partial charge in [0.15, 0.2) is 0 Å². The van der Waals surface area contributed by atoms with E-state index < -0.39 is 0 Å². The molecule has 2 aromatic rings. The Labute approximate surface area is 118 Å². The molecule has 3 heteroatoms. The topological polar surface area (TPSA) is 56.8 Å². The summed E-state index contributed by atoms with van der Waals surface area (Å²) in [6.45, 7) is 4.33. The molecule has 20 heavy (non-hydrogen) atoms. The van der Waals surface area contributed by atoms with E-state index in [0.29, 0.717) is 23.5 Å². The van der Waals surface area contributed by atoms with Crippen LogP contribution in [0.2, 0.25) is 0 Å². The van der Waals surface area contributed by atoms with E-state index in [0.717, 1.165) is 16.7 Å². The molecular weight excluding hydrogens is 248 g/mol. The molecule has 0 radical (unpaired) electrons. The van der Waals surface area contributed by atoms with E-state index in [1.54, 1.807) is 18.2 Å². The molecule has 0 N–H and O–H groups in total. The number of nitrogens with zero attached hydrogens (tertiary/aromatic N) is 2. The van der Waals surface area contributed by atoms with Gasteiger partial charge in [-0.25, -0.2) is 0 Å². The Kier molecular flexibility index (Phi) is 4.03. The zero-order valence-corrected chi connectivity index (χ0v) is 11.5. The zero-order chi connectivity index (χ0) is 14.5. The molecule has 0 bridgehead atoms. The minimum Gasteiger partial charge on any atom is -0.489 e. The van der Waals surface area contributed by atoms with Crippen LogP contribution in [0.3, 0.4) is 0 Å². The molecule has 0 spiro atoms. The van der Waals surface area contributed by atoms with E-state index in [9.17, 15) is 0 Å². The molecule has 98 valence electrons. The summed E-state index contributed by atoms with van der Waals surface area (Å²) in [7, 11) is 0. The lowest BCUT2D eigenvalue weighted by Gasteiger charge is -2.11. The number of aryl methyl sites for hydroxylation is 2. The van der Waals surface area contributed by atoms with E-state index in [4.69, 9.17) is 15.3 Å². The fraction of sp³-hybridized carbons (Fsp3) is 0.176. The van der Waals surface area contributed by atoms with Gasteiger partial charge >= 0.3 is 0 Å². The molecule has 2 rings (SSSR count). The van der Waals surface area contributed by atoms with Crippen LogP contribution in [0.15, 0.2) is 36.4 Å². The zero-order valence-electron chi connectivity index (χ0n) is 11.5. The van der Waals surface area contributed by atoms with E-state index in [2.05, 4.69) is 12.1 Å². The summed E-state index contributed by atoms with van der Waals surface area (Å²) >= 11 is 0. The normalized spacial score (nSPS) is 9.60. The van der Waals surface area contributed by atoms with Crippen molar-refractivity contribution < 1.29 is 4.74 Å². The Morgan fingerprint density at radius 3 is 2.20 bits per heavy atom. The van der Waals surface area contributed by atoms with E-state index in [-0.39, 0.29) is 0 Å². The standard InChI is InChI=1S/C17H14N2O/c1-12-3-4-15(10-19)8-17(12)20-11-16-6-5-14(9-18)7-13(16)2/h3-8H,11H2,1-2H3. The van der Waals surface area contributed by atoms with Crippen molar-refractivity contribution in [2.75, 3.05) is 0 Å². The van der Waals surface area contributed by atoms with Gasteiger partial charge in [-0.2, -0.15) is 10.5 Å². The lowest BCUT2D eigenvalue weighted by molar-refractivity contribution is 0.303. The van der Waals surface area contributed by atoms with Crippen LogP contribution < -0.4 is 4.74 Å². The van der Waals surface area contributed by atoms with Gasteiger partial charge in [0.25, 0.3) is 0 Å². The Balaban J connectivity index is 2.17. The predicted molar refractivity (Wildman–Crippen MR) is 76.1 cm³/mol. The first-order valence-electron chi connectivity index (χ1n) is 6.27. The highest BCUT2D eigenvalue weighted by Crippen LogP contribution is 2.21. The van der Waals surface area contributed by atoms with Gasteiger partial charge in [0, 0.05) is 0 Å². The number of benzene rings is 2. The van der Waals surface area contributed by atoms with Gasteiger partial charge in [-0.1, -0.05) is 12.1 Å². The lowest BCUT2D eigenvalue weighted by Crippen LogP contribution is -2.00. The van der Waals surface area contributed by atoms with Crippen molar-refractivity contribution in [3.63, 3.8) is 0 Å². The van der Waals surface area contributed by atoms with Crippen molar-refractivity contribution in [2.24, 2.45) is 0 Å². The minimum absolute atomic E-state index is 0.424. The maximum atomic E-state index is 8.90. The molecule has 0 heterocycles. The Bertz CT molecular complexity index is 721. The maximum Gasteiger partial charge on any atom is 0.124 e. The summed E-state index contributed by atoms with van der Waals surface area (Å²) in [5.41, 5.74) is 4.29. The van der Waals surface area contributed by atoms with Gasteiger partial charge in [-0.05, 0) is 54.8 Å². The maximum absolute atomic E-state index is 8.90. The first-order chi connectivity index (χ1) is 9.63. The molecule has 0 fully saturated rings. The number of ether oxygens (including phenoxy) is 1. The van der Waals surface area contributed by atoms with Crippen molar-refractivity contribution in [1.29, 1.82) is 10.5 Å². The van der Waals surface area contributed by atoms with Crippen LogP contribution in [0.25, 0.3) is 0 Å². The Hall–Kier alpha value is -2.78. The van der Waals surface area contributed by atoms with Gasteiger partial charge in [0.05, 0.1) is 23.3 Å². The number of hydrogen-bond acceptors (Lipinski definition) is 3. The molecule has 0 atom stereocenters. The van der Waals surface area contributed by atoms with E-state index >= 15 is 0 Å². The Morgan fingerprint density at radius 2 is 1.55 bits per heavy atom. The molecule has 0 aliphatic heterocycles. The summed E-state index contributed by atoms with van der Waals surface area (Å²) in [4.78, 5) is 0. The van der Waals surface area contributed by atoms with Gasteiger partial charge in [-0.15, -0.1) is 0 Å². The second-order valence-electron chi connectivity index (χ2n) is 4.63. The lowest BCUT2D eigenvalue weighted by atomic mass is 10.1. The second kappa shape index (κ2) is 5.91.